The number of nitrogens with zero attached hydrogens (tertiary/aromatic N) is 2. The van der Waals surface area contributed by atoms with Crippen molar-refractivity contribution in [2.75, 3.05) is 11.5 Å². The van der Waals surface area contributed by atoms with Gasteiger partial charge in [-0.15, -0.1) is 0 Å². The van der Waals surface area contributed by atoms with E-state index in [-0.39, 0.29) is 11.4 Å². The summed E-state index contributed by atoms with van der Waals surface area (Å²) in [6, 6.07) is 3.34. The van der Waals surface area contributed by atoms with Crippen LogP contribution in [0, 0.1) is 10.1 Å². The van der Waals surface area contributed by atoms with Crippen LogP contribution in [-0.4, -0.2) is 63.4 Å². The number of carbonyl (C=O) groups is 1. The lowest BCUT2D eigenvalue weighted by Crippen LogP contribution is -2.68. The van der Waals surface area contributed by atoms with E-state index in [4.69, 9.17) is 9.84 Å². The third kappa shape index (κ3) is 3.37. The van der Waals surface area contributed by atoms with E-state index in [0.717, 1.165) is 24.0 Å². The van der Waals surface area contributed by atoms with Crippen LogP contribution in [0.1, 0.15) is 6.92 Å². The molecule has 0 aliphatic carbocycles. The van der Waals surface area contributed by atoms with Crippen molar-refractivity contribution in [3.05, 3.63) is 34.4 Å². The largest absolute Gasteiger partial charge is 0.829 e. The van der Waals surface area contributed by atoms with Crippen LogP contribution in [-0.2, 0) is 9.53 Å². The number of nitro benzene ring substituents is 1. The van der Waals surface area contributed by atoms with Crippen LogP contribution in [0.5, 0.6) is 0 Å². The molecule has 0 aromatic heterocycles. The fraction of sp³-hybridized carbons (Fsp3) is 0.500. The number of rotatable bonds is 4. The molecule has 1 amide bonds. The summed E-state index contributed by atoms with van der Waals surface area (Å²) < 4.78 is 4.93. The summed E-state index contributed by atoms with van der Waals surface area (Å²) in [5.41, 5.74) is -0.0713. The van der Waals surface area contributed by atoms with Crippen molar-refractivity contribution in [3.63, 3.8) is 0 Å². The van der Waals surface area contributed by atoms with Crippen molar-refractivity contribution in [2.24, 2.45) is 0 Å². The Hall–Kier alpha value is -2.11. The monoisotopic (exact) mass is 341 g/mol. The zero-order valence-corrected chi connectivity index (χ0v) is 12.7. The first-order valence-corrected chi connectivity index (χ1v) is 7.10. The van der Waals surface area contributed by atoms with Gasteiger partial charge >= 0.3 is 0 Å². The van der Waals surface area contributed by atoms with Crippen LogP contribution in [0.25, 0.3) is 0 Å². The van der Waals surface area contributed by atoms with E-state index in [1.807, 2.05) is 0 Å². The van der Waals surface area contributed by atoms with E-state index in [1.165, 1.54) is 12.1 Å². The quantitative estimate of drug-likeness (QED) is 0.424. The topological polar surface area (TPSA) is 156 Å². The van der Waals surface area contributed by atoms with Crippen LogP contribution in [0.2, 0.25) is 0 Å². The highest BCUT2D eigenvalue weighted by atomic mass is 16.6. The van der Waals surface area contributed by atoms with E-state index >= 15 is 0 Å². The molecule has 1 aromatic carbocycles. The number of nitro groups is 1. The molecule has 1 aliphatic rings. The molecule has 0 radical (unpaired) electrons. The van der Waals surface area contributed by atoms with Gasteiger partial charge in [0.2, 0.25) is 5.91 Å². The van der Waals surface area contributed by atoms with Gasteiger partial charge in [-0.05, 0) is 12.1 Å². The van der Waals surface area contributed by atoms with Gasteiger partial charge in [-0.1, -0.05) is 0 Å². The van der Waals surface area contributed by atoms with Crippen molar-refractivity contribution in [2.45, 2.75) is 37.6 Å². The first-order valence-electron chi connectivity index (χ1n) is 7.10. The molecule has 2 rings (SSSR count). The number of aliphatic hydroxyl groups excluding tert-OH is 3. The standard InChI is InChI=1S/C14H17N2O8/c1-7(18)15(8-2-4-9(5-3-8)16(22)23)11-13(20)12(19)10(6-17)24-14(11)21/h2-5,10-14,17,19-20H,6H2,1H3/q-1/t10-,11-,12+,13-,14-/m1/s1. The van der Waals surface area contributed by atoms with Gasteiger partial charge in [0.15, 0.2) is 0 Å². The molecule has 1 aromatic rings. The SMILES string of the molecule is CC(=O)N(c1ccc([N+](=O)[O-])cc1)[C@@H]1[C@@H](O)[C@@H](O)[C@@H](CO)O[C@H]1[O-]. The summed E-state index contributed by atoms with van der Waals surface area (Å²) in [7, 11) is 0. The Morgan fingerprint density at radius 3 is 2.33 bits per heavy atom. The molecule has 0 unspecified atom stereocenters. The smallest absolute Gasteiger partial charge is 0.269 e. The molecule has 5 atom stereocenters. The highest BCUT2D eigenvalue weighted by Crippen LogP contribution is 2.28. The first-order chi connectivity index (χ1) is 11.3. The van der Waals surface area contributed by atoms with Crippen molar-refractivity contribution < 1.29 is 34.9 Å². The number of ether oxygens (including phenoxy) is 1. The van der Waals surface area contributed by atoms with Gasteiger partial charge in [0.25, 0.3) is 5.69 Å². The molecule has 24 heavy (non-hydrogen) atoms. The van der Waals surface area contributed by atoms with E-state index in [2.05, 4.69) is 0 Å². The Bertz CT molecular complexity index is 607. The van der Waals surface area contributed by atoms with Gasteiger partial charge in [-0.2, -0.15) is 0 Å². The van der Waals surface area contributed by atoms with Crippen molar-refractivity contribution in [1.82, 2.24) is 0 Å². The summed E-state index contributed by atoms with van der Waals surface area (Å²) in [5.74, 6) is -0.619. The zero-order chi connectivity index (χ0) is 18.0. The zero-order valence-electron chi connectivity index (χ0n) is 12.7. The van der Waals surface area contributed by atoms with Crippen LogP contribution < -0.4 is 10.0 Å². The molecule has 10 heteroatoms. The summed E-state index contributed by atoms with van der Waals surface area (Å²) in [4.78, 5) is 23.0. The van der Waals surface area contributed by atoms with Gasteiger partial charge < -0.3 is 30.1 Å². The Morgan fingerprint density at radius 2 is 1.88 bits per heavy atom. The molecule has 132 valence electrons. The Kier molecular flexibility index (Phi) is 5.47. The number of anilines is 1. The lowest BCUT2D eigenvalue weighted by atomic mass is 9.95. The second-order valence-corrected chi connectivity index (χ2v) is 5.36. The summed E-state index contributed by atoms with van der Waals surface area (Å²) >= 11 is 0. The minimum absolute atomic E-state index is 0.135. The van der Waals surface area contributed by atoms with E-state index < -0.39 is 48.1 Å². The Morgan fingerprint density at radius 1 is 1.29 bits per heavy atom. The van der Waals surface area contributed by atoms with Gasteiger partial charge in [-0.25, -0.2) is 0 Å². The first kappa shape index (κ1) is 18.2. The van der Waals surface area contributed by atoms with Crippen molar-refractivity contribution >= 4 is 17.3 Å². The summed E-state index contributed by atoms with van der Waals surface area (Å²) in [6.45, 7) is 0.479. The predicted octanol–water partition coefficient (Wildman–Crippen LogP) is -1.88. The molecule has 0 spiro atoms. The van der Waals surface area contributed by atoms with E-state index in [9.17, 15) is 30.2 Å². The molecule has 1 heterocycles. The molecular formula is C14H17N2O8-. The molecule has 1 saturated heterocycles. The lowest BCUT2D eigenvalue weighted by molar-refractivity contribution is -0.517. The normalized spacial score (nSPS) is 30.0. The Balaban J connectivity index is 2.36. The minimum Gasteiger partial charge on any atom is -0.829 e. The number of amides is 1. The number of benzene rings is 1. The second kappa shape index (κ2) is 7.20. The van der Waals surface area contributed by atoms with Crippen LogP contribution in [0.3, 0.4) is 0 Å². The number of hydrogen-bond donors (Lipinski definition) is 3. The van der Waals surface area contributed by atoms with Gasteiger partial charge in [0.05, 0.1) is 17.6 Å². The van der Waals surface area contributed by atoms with Crippen molar-refractivity contribution in [1.29, 1.82) is 0 Å². The number of aliphatic hydroxyl groups is 3. The second-order valence-electron chi connectivity index (χ2n) is 5.36. The molecule has 1 aliphatic heterocycles. The predicted molar refractivity (Wildman–Crippen MR) is 77.8 cm³/mol. The molecular weight excluding hydrogens is 324 g/mol. The summed E-state index contributed by atoms with van der Waals surface area (Å²) in [5, 5.41) is 52.0. The van der Waals surface area contributed by atoms with Crippen LogP contribution >= 0.6 is 0 Å². The van der Waals surface area contributed by atoms with E-state index in [1.54, 1.807) is 0 Å². The van der Waals surface area contributed by atoms with Gasteiger partial charge in [-0.3, -0.25) is 14.9 Å². The van der Waals surface area contributed by atoms with Crippen LogP contribution in [0.15, 0.2) is 24.3 Å². The summed E-state index contributed by atoms with van der Waals surface area (Å²) in [6.07, 6.45) is -6.40. The average molecular weight is 341 g/mol. The maximum absolute atomic E-state index is 12.2. The van der Waals surface area contributed by atoms with E-state index in [0.29, 0.717) is 0 Å². The minimum atomic E-state index is -1.92. The highest BCUT2D eigenvalue weighted by Gasteiger charge is 2.44. The maximum Gasteiger partial charge on any atom is 0.269 e. The lowest BCUT2D eigenvalue weighted by Gasteiger charge is -2.49. The molecule has 0 bridgehead atoms. The van der Waals surface area contributed by atoms with Gasteiger partial charge in [0.1, 0.15) is 18.3 Å². The number of non-ortho nitro benzene ring substituents is 1. The third-order valence-corrected chi connectivity index (χ3v) is 3.82. The molecule has 1 fully saturated rings. The van der Waals surface area contributed by atoms with Crippen molar-refractivity contribution in [3.8, 4) is 0 Å². The van der Waals surface area contributed by atoms with Gasteiger partial charge in [0, 0.05) is 31.0 Å². The molecule has 10 nitrogen and oxygen atoms in total. The fourth-order valence-corrected chi connectivity index (χ4v) is 2.64. The fourth-order valence-electron chi connectivity index (χ4n) is 2.64. The molecule has 0 saturated carbocycles. The average Bonchev–Trinajstić information content (AvgIpc) is 2.54. The maximum atomic E-state index is 12.2. The molecule has 3 N–H and O–H groups in total. The number of hydrogen-bond acceptors (Lipinski definition) is 8. The van der Waals surface area contributed by atoms with Crippen LogP contribution in [0.4, 0.5) is 11.4 Å². The highest BCUT2D eigenvalue weighted by molar-refractivity contribution is 5.92. The Labute approximate surface area is 136 Å². The third-order valence-electron chi connectivity index (χ3n) is 3.82. The number of carbonyl (C=O) groups excluding carboxylic acids is 1.